The minimum atomic E-state index is 0.169. The molecule has 1 fully saturated rings. The summed E-state index contributed by atoms with van der Waals surface area (Å²) in [6.45, 7) is 9.57. The van der Waals surface area contributed by atoms with Gasteiger partial charge in [-0.15, -0.1) is 11.3 Å². The standard InChI is InChI=1S/C22H26N4OS/c1-16-6-4-5-7-20(16)24-10-12-25(13-11-24)21(27)14-19-15-28-22(23-19)26-17(2)8-9-18(26)3/h4-9,15H,10-14H2,1-3H3. The first-order valence-corrected chi connectivity index (χ1v) is 10.6. The van der Waals surface area contributed by atoms with Crippen molar-refractivity contribution in [2.75, 3.05) is 31.1 Å². The number of amides is 1. The van der Waals surface area contributed by atoms with Gasteiger partial charge in [-0.05, 0) is 44.5 Å². The predicted octanol–water partition coefficient (Wildman–Crippen LogP) is 3.75. The molecular formula is C22H26N4OS. The Hall–Kier alpha value is -2.60. The van der Waals surface area contributed by atoms with Crippen LogP contribution < -0.4 is 4.90 Å². The van der Waals surface area contributed by atoms with Gasteiger partial charge in [-0.1, -0.05) is 18.2 Å². The summed E-state index contributed by atoms with van der Waals surface area (Å²) in [5.74, 6) is 0.169. The van der Waals surface area contributed by atoms with Crippen LogP contribution in [0, 0.1) is 20.8 Å². The molecule has 1 saturated heterocycles. The van der Waals surface area contributed by atoms with Crippen LogP contribution >= 0.6 is 11.3 Å². The van der Waals surface area contributed by atoms with E-state index in [1.165, 1.54) is 11.3 Å². The first-order chi connectivity index (χ1) is 13.5. The van der Waals surface area contributed by atoms with Crippen LogP contribution in [0.2, 0.25) is 0 Å². The van der Waals surface area contributed by atoms with Crippen molar-refractivity contribution in [2.45, 2.75) is 27.2 Å². The normalized spacial score (nSPS) is 14.5. The molecular weight excluding hydrogens is 368 g/mol. The molecule has 28 heavy (non-hydrogen) atoms. The topological polar surface area (TPSA) is 41.4 Å². The van der Waals surface area contributed by atoms with E-state index in [9.17, 15) is 4.79 Å². The van der Waals surface area contributed by atoms with Crippen LogP contribution in [-0.4, -0.2) is 46.5 Å². The van der Waals surface area contributed by atoms with Crippen molar-refractivity contribution in [3.05, 3.63) is 64.4 Å². The second kappa shape index (κ2) is 7.80. The highest BCUT2D eigenvalue weighted by atomic mass is 32.1. The molecule has 0 radical (unpaired) electrons. The summed E-state index contributed by atoms with van der Waals surface area (Å²) in [6.07, 6.45) is 0.375. The van der Waals surface area contributed by atoms with Gasteiger partial charge in [0.2, 0.25) is 5.91 Å². The predicted molar refractivity (Wildman–Crippen MR) is 115 cm³/mol. The zero-order chi connectivity index (χ0) is 19.7. The molecule has 1 aromatic carbocycles. The van der Waals surface area contributed by atoms with E-state index in [1.54, 1.807) is 11.3 Å². The fourth-order valence-electron chi connectivity index (χ4n) is 3.83. The van der Waals surface area contributed by atoms with Gasteiger partial charge in [-0.25, -0.2) is 4.98 Å². The molecule has 5 nitrogen and oxygen atoms in total. The van der Waals surface area contributed by atoms with E-state index < -0.39 is 0 Å². The van der Waals surface area contributed by atoms with Crippen molar-refractivity contribution in [1.29, 1.82) is 0 Å². The quantitative estimate of drug-likeness (QED) is 0.677. The van der Waals surface area contributed by atoms with Crippen molar-refractivity contribution in [3.8, 4) is 5.13 Å². The van der Waals surface area contributed by atoms with E-state index >= 15 is 0 Å². The van der Waals surface area contributed by atoms with Crippen molar-refractivity contribution in [1.82, 2.24) is 14.5 Å². The molecule has 0 spiro atoms. The first-order valence-electron chi connectivity index (χ1n) is 9.71. The second-order valence-electron chi connectivity index (χ2n) is 7.40. The van der Waals surface area contributed by atoms with Crippen molar-refractivity contribution >= 4 is 22.9 Å². The minimum Gasteiger partial charge on any atom is -0.368 e. The average Bonchev–Trinajstić information content (AvgIpc) is 3.28. The molecule has 0 aliphatic carbocycles. The SMILES string of the molecule is Cc1ccccc1N1CCN(C(=O)Cc2csc(-n3c(C)ccc3C)n2)CC1. The lowest BCUT2D eigenvalue weighted by Crippen LogP contribution is -2.49. The number of hydrogen-bond donors (Lipinski definition) is 0. The van der Waals surface area contributed by atoms with Gasteiger partial charge in [0.15, 0.2) is 5.13 Å². The molecule has 3 heterocycles. The number of anilines is 1. The van der Waals surface area contributed by atoms with Crippen LogP contribution in [0.4, 0.5) is 5.69 Å². The van der Waals surface area contributed by atoms with E-state index in [1.807, 2.05) is 10.3 Å². The summed E-state index contributed by atoms with van der Waals surface area (Å²) in [5.41, 5.74) is 5.75. The minimum absolute atomic E-state index is 0.169. The van der Waals surface area contributed by atoms with Crippen LogP contribution in [0.3, 0.4) is 0 Å². The maximum absolute atomic E-state index is 12.8. The number of carbonyl (C=O) groups excluding carboxylic acids is 1. The number of carbonyl (C=O) groups is 1. The van der Waals surface area contributed by atoms with Crippen LogP contribution in [0.1, 0.15) is 22.6 Å². The van der Waals surface area contributed by atoms with Crippen molar-refractivity contribution in [3.63, 3.8) is 0 Å². The van der Waals surface area contributed by atoms with Gasteiger partial charge >= 0.3 is 0 Å². The van der Waals surface area contributed by atoms with Gasteiger partial charge < -0.3 is 9.80 Å². The zero-order valence-electron chi connectivity index (χ0n) is 16.7. The third-order valence-corrected chi connectivity index (χ3v) is 6.30. The maximum atomic E-state index is 12.8. The molecule has 1 amide bonds. The van der Waals surface area contributed by atoms with Crippen LogP contribution in [0.5, 0.6) is 0 Å². The third kappa shape index (κ3) is 3.69. The first kappa shape index (κ1) is 18.7. The van der Waals surface area contributed by atoms with Crippen molar-refractivity contribution < 1.29 is 4.79 Å². The number of nitrogens with zero attached hydrogens (tertiary/aromatic N) is 4. The number of piperazine rings is 1. The van der Waals surface area contributed by atoms with Gasteiger partial charge in [-0.2, -0.15) is 0 Å². The molecule has 0 N–H and O–H groups in total. The number of aryl methyl sites for hydroxylation is 3. The smallest absolute Gasteiger partial charge is 0.228 e. The monoisotopic (exact) mass is 394 g/mol. The molecule has 2 aromatic heterocycles. The molecule has 1 aliphatic heterocycles. The molecule has 0 unspecified atom stereocenters. The van der Waals surface area contributed by atoms with Gasteiger partial charge in [0, 0.05) is 48.6 Å². The molecule has 0 saturated carbocycles. The fraction of sp³-hybridized carbons (Fsp3) is 0.364. The lowest BCUT2D eigenvalue weighted by molar-refractivity contribution is -0.130. The summed E-state index contributed by atoms with van der Waals surface area (Å²) < 4.78 is 2.14. The number of thiazole rings is 1. The molecule has 0 bridgehead atoms. The fourth-order valence-corrected chi connectivity index (χ4v) is 4.77. The average molecular weight is 395 g/mol. The Kier molecular flexibility index (Phi) is 5.22. The molecule has 1 aliphatic rings. The Morgan fingerprint density at radius 3 is 2.36 bits per heavy atom. The van der Waals surface area contributed by atoms with Gasteiger partial charge in [0.1, 0.15) is 0 Å². The van der Waals surface area contributed by atoms with Crippen LogP contribution in [0.15, 0.2) is 41.8 Å². The molecule has 4 rings (SSSR count). The number of aromatic nitrogens is 2. The Labute approximate surface area is 170 Å². The Morgan fingerprint density at radius 2 is 1.68 bits per heavy atom. The highest BCUT2D eigenvalue weighted by Crippen LogP contribution is 2.22. The number of hydrogen-bond acceptors (Lipinski definition) is 4. The molecule has 146 valence electrons. The van der Waals surface area contributed by atoms with Gasteiger partial charge in [0.25, 0.3) is 0 Å². The molecule has 0 atom stereocenters. The zero-order valence-corrected chi connectivity index (χ0v) is 17.5. The van der Waals surface area contributed by atoms with E-state index in [4.69, 9.17) is 4.98 Å². The summed E-state index contributed by atoms with van der Waals surface area (Å²) in [6, 6.07) is 12.6. The molecule has 6 heteroatoms. The second-order valence-corrected chi connectivity index (χ2v) is 8.24. The van der Waals surface area contributed by atoms with Crippen LogP contribution in [-0.2, 0) is 11.2 Å². The maximum Gasteiger partial charge on any atom is 0.228 e. The van der Waals surface area contributed by atoms with E-state index in [0.29, 0.717) is 6.42 Å². The number of para-hydroxylation sites is 1. The van der Waals surface area contributed by atoms with Gasteiger partial charge in [-0.3, -0.25) is 9.36 Å². The Morgan fingerprint density at radius 1 is 1.00 bits per heavy atom. The highest BCUT2D eigenvalue weighted by molar-refractivity contribution is 7.12. The Bertz CT molecular complexity index is 963. The number of rotatable bonds is 4. The summed E-state index contributed by atoms with van der Waals surface area (Å²) >= 11 is 1.60. The lowest BCUT2D eigenvalue weighted by Gasteiger charge is -2.36. The van der Waals surface area contributed by atoms with Gasteiger partial charge in [0.05, 0.1) is 12.1 Å². The summed E-state index contributed by atoms with van der Waals surface area (Å²) in [5, 5.41) is 2.95. The van der Waals surface area contributed by atoms with Crippen molar-refractivity contribution in [2.24, 2.45) is 0 Å². The third-order valence-electron chi connectivity index (χ3n) is 5.42. The van der Waals surface area contributed by atoms with E-state index in [0.717, 1.165) is 48.4 Å². The largest absolute Gasteiger partial charge is 0.368 e. The lowest BCUT2D eigenvalue weighted by atomic mass is 10.1. The highest BCUT2D eigenvalue weighted by Gasteiger charge is 2.23. The molecule has 3 aromatic rings. The Balaban J connectivity index is 1.37. The summed E-state index contributed by atoms with van der Waals surface area (Å²) in [4.78, 5) is 21.8. The summed E-state index contributed by atoms with van der Waals surface area (Å²) in [7, 11) is 0. The van der Waals surface area contributed by atoms with Crippen LogP contribution in [0.25, 0.3) is 5.13 Å². The number of benzene rings is 1. The van der Waals surface area contributed by atoms with E-state index in [2.05, 4.69) is 66.6 Å². The van der Waals surface area contributed by atoms with E-state index in [-0.39, 0.29) is 5.91 Å².